The van der Waals surface area contributed by atoms with Crippen LogP contribution in [0.4, 0.5) is 0 Å². The van der Waals surface area contributed by atoms with Crippen molar-refractivity contribution < 1.29 is 4.74 Å². The molecule has 1 heterocycles. The molecule has 0 bridgehead atoms. The minimum absolute atomic E-state index is 0.673. The predicted octanol–water partition coefficient (Wildman–Crippen LogP) is 3.09. The van der Waals surface area contributed by atoms with Gasteiger partial charge in [0.1, 0.15) is 0 Å². The standard InChI is InChI=1S/C14H24BrN3O/c1-4-7-16-8-5-6-12(2)14-13(15)11-17-18(14)9-10-19-3/h6,11,16H,4-5,7-10H2,1-3H3/b12-6-. The molecule has 0 aliphatic rings. The van der Waals surface area contributed by atoms with Crippen molar-refractivity contribution in [3.63, 3.8) is 0 Å². The second-order valence-corrected chi connectivity index (χ2v) is 5.34. The summed E-state index contributed by atoms with van der Waals surface area (Å²) in [4.78, 5) is 0. The Bertz CT molecular complexity index is 401. The number of nitrogens with zero attached hydrogens (tertiary/aromatic N) is 2. The minimum Gasteiger partial charge on any atom is -0.383 e. The molecule has 0 atom stereocenters. The van der Waals surface area contributed by atoms with Crippen molar-refractivity contribution in [1.82, 2.24) is 15.1 Å². The SMILES string of the molecule is CCCNCC/C=C(/C)c1c(Br)cnn1CCOC. The summed E-state index contributed by atoms with van der Waals surface area (Å²) in [5.41, 5.74) is 2.39. The van der Waals surface area contributed by atoms with Gasteiger partial charge in [0.05, 0.1) is 29.5 Å². The van der Waals surface area contributed by atoms with E-state index in [4.69, 9.17) is 4.74 Å². The van der Waals surface area contributed by atoms with Crippen molar-refractivity contribution in [3.8, 4) is 0 Å². The van der Waals surface area contributed by atoms with E-state index in [0.29, 0.717) is 6.61 Å². The summed E-state index contributed by atoms with van der Waals surface area (Å²) in [5.74, 6) is 0. The van der Waals surface area contributed by atoms with Crippen LogP contribution in [0.3, 0.4) is 0 Å². The molecule has 4 nitrogen and oxygen atoms in total. The lowest BCUT2D eigenvalue weighted by Crippen LogP contribution is -2.15. The zero-order valence-corrected chi connectivity index (χ0v) is 13.7. The van der Waals surface area contributed by atoms with Gasteiger partial charge in [-0.2, -0.15) is 5.10 Å². The van der Waals surface area contributed by atoms with Crippen LogP contribution in [0, 0.1) is 0 Å². The normalized spacial score (nSPS) is 12.1. The fourth-order valence-corrected chi connectivity index (χ4v) is 2.50. The molecule has 1 aromatic heterocycles. The molecule has 0 aliphatic heterocycles. The fraction of sp³-hybridized carbons (Fsp3) is 0.643. The van der Waals surface area contributed by atoms with E-state index >= 15 is 0 Å². The predicted molar refractivity (Wildman–Crippen MR) is 83.2 cm³/mol. The molecule has 0 fully saturated rings. The number of aromatic nitrogens is 2. The van der Waals surface area contributed by atoms with Crippen molar-refractivity contribution in [2.45, 2.75) is 33.2 Å². The van der Waals surface area contributed by atoms with E-state index in [1.54, 1.807) is 7.11 Å². The van der Waals surface area contributed by atoms with Crippen LogP contribution >= 0.6 is 15.9 Å². The van der Waals surface area contributed by atoms with E-state index in [1.165, 1.54) is 12.0 Å². The van der Waals surface area contributed by atoms with Crippen LogP contribution in [0.15, 0.2) is 16.7 Å². The second kappa shape index (κ2) is 9.28. The maximum atomic E-state index is 5.11. The number of rotatable bonds is 9. The van der Waals surface area contributed by atoms with Gasteiger partial charge in [-0.25, -0.2) is 0 Å². The first-order chi connectivity index (χ1) is 9.20. The van der Waals surface area contributed by atoms with Gasteiger partial charge >= 0.3 is 0 Å². The molecular weight excluding hydrogens is 306 g/mol. The fourth-order valence-electron chi connectivity index (χ4n) is 1.89. The molecule has 0 amide bonds. The van der Waals surface area contributed by atoms with Crippen LogP contribution in [0.2, 0.25) is 0 Å². The lowest BCUT2D eigenvalue weighted by molar-refractivity contribution is 0.183. The van der Waals surface area contributed by atoms with Crippen molar-refractivity contribution in [1.29, 1.82) is 0 Å². The summed E-state index contributed by atoms with van der Waals surface area (Å²) in [6, 6.07) is 0. The third-order valence-electron chi connectivity index (χ3n) is 2.87. The molecule has 0 aromatic carbocycles. The summed E-state index contributed by atoms with van der Waals surface area (Å²) in [5, 5.41) is 7.77. The molecule has 0 unspecified atom stereocenters. The molecule has 1 aromatic rings. The first-order valence-electron chi connectivity index (χ1n) is 6.78. The Hall–Kier alpha value is -0.650. The maximum Gasteiger partial charge on any atom is 0.0779 e. The maximum absolute atomic E-state index is 5.11. The first kappa shape index (κ1) is 16.4. The Morgan fingerprint density at radius 2 is 2.32 bits per heavy atom. The molecule has 1 N–H and O–H groups in total. The van der Waals surface area contributed by atoms with Gasteiger partial charge in [0.25, 0.3) is 0 Å². The van der Waals surface area contributed by atoms with E-state index in [9.17, 15) is 0 Å². The van der Waals surface area contributed by atoms with Gasteiger partial charge in [0.2, 0.25) is 0 Å². The third kappa shape index (κ3) is 5.47. The Morgan fingerprint density at radius 1 is 1.53 bits per heavy atom. The van der Waals surface area contributed by atoms with Gasteiger partial charge in [0.15, 0.2) is 0 Å². The van der Waals surface area contributed by atoms with Crippen LogP contribution in [0.5, 0.6) is 0 Å². The molecule has 0 saturated carbocycles. The Balaban J connectivity index is 2.61. The topological polar surface area (TPSA) is 39.1 Å². The van der Waals surface area contributed by atoms with Gasteiger partial charge in [-0.3, -0.25) is 4.68 Å². The lowest BCUT2D eigenvalue weighted by atomic mass is 10.2. The van der Waals surface area contributed by atoms with E-state index in [0.717, 1.165) is 36.2 Å². The quantitative estimate of drug-likeness (QED) is 0.707. The van der Waals surface area contributed by atoms with Crippen LogP contribution in [-0.2, 0) is 11.3 Å². The zero-order valence-electron chi connectivity index (χ0n) is 12.1. The van der Waals surface area contributed by atoms with Crippen molar-refractivity contribution >= 4 is 21.5 Å². The number of ether oxygens (including phenoxy) is 1. The minimum atomic E-state index is 0.673. The molecule has 0 spiro atoms. The van der Waals surface area contributed by atoms with E-state index in [2.05, 4.69) is 46.3 Å². The highest BCUT2D eigenvalue weighted by Gasteiger charge is 2.09. The highest BCUT2D eigenvalue weighted by atomic mass is 79.9. The monoisotopic (exact) mass is 329 g/mol. The Morgan fingerprint density at radius 3 is 3.00 bits per heavy atom. The van der Waals surface area contributed by atoms with E-state index in [-0.39, 0.29) is 0 Å². The summed E-state index contributed by atoms with van der Waals surface area (Å²) >= 11 is 3.56. The van der Waals surface area contributed by atoms with Crippen LogP contribution in [0.25, 0.3) is 5.57 Å². The van der Waals surface area contributed by atoms with Crippen LogP contribution in [-0.4, -0.2) is 36.6 Å². The number of hydrogen-bond donors (Lipinski definition) is 1. The smallest absolute Gasteiger partial charge is 0.0779 e. The van der Waals surface area contributed by atoms with Crippen LogP contribution in [0.1, 0.15) is 32.4 Å². The van der Waals surface area contributed by atoms with Gasteiger partial charge in [0, 0.05) is 7.11 Å². The van der Waals surface area contributed by atoms with Crippen LogP contribution < -0.4 is 5.32 Å². The third-order valence-corrected chi connectivity index (χ3v) is 3.45. The molecule has 1 rings (SSSR count). The highest BCUT2D eigenvalue weighted by molar-refractivity contribution is 9.10. The number of allylic oxidation sites excluding steroid dienone is 1. The molecule has 5 heteroatoms. The van der Waals surface area contributed by atoms with E-state index < -0.39 is 0 Å². The number of halogens is 1. The molecule has 0 radical (unpaired) electrons. The highest BCUT2D eigenvalue weighted by Crippen LogP contribution is 2.24. The first-order valence-corrected chi connectivity index (χ1v) is 7.58. The van der Waals surface area contributed by atoms with Crippen molar-refractivity contribution in [2.75, 3.05) is 26.8 Å². The average molecular weight is 330 g/mol. The van der Waals surface area contributed by atoms with Gasteiger partial charge in [-0.05, 0) is 54.4 Å². The second-order valence-electron chi connectivity index (χ2n) is 4.48. The summed E-state index contributed by atoms with van der Waals surface area (Å²) in [6.45, 7) is 7.87. The Kier molecular flexibility index (Phi) is 8.02. The summed E-state index contributed by atoms with van der Waals surface area (Å²) in [6.07, 6.45) is 6.32. The average Bonchev–Trinajstić information content (AvgIpc) is 2.77. The van der Waals surface area contributed by atoms with Crippen molar-refractivity contribution in [2.24, 2.45) is 0 Å². The number of hydrogen-bond acceptors (Lipinski definition) is 3. The summed E-state index contributed by atoms with van der Waals surface area (Å²) in [7, 11) is 1.71. The molecule has 0 aliphatic carbocycles. The van der Waals surface area contributed by atoms with E-state index in [1.807, 2.05) is 10.9 Å². The number of nitrogens with one attached hydrogen (secondary N) is 1. The van der Waals surface area contributed by atoms with Gasteiger partial charge in [-0.15, -0.1) is 0 Å². The molecular formula is C14H24BrN3O. The van der Waals surface area contributed by atoms with Gasteiger partial charge in [-0.1, -0.05) is 13.0 Å². The Labute approximate surface area is 124 Å². The molecule has 0 saturated heterocycles. The molecule has 108 valence electrons. The molecule has 19 heavy (non-hydrogen) atoms. The van der Waals surface area contributed by atoms with Gasteiger partial charge < -0.3 is 10.1 Å². The zero-order chi connectivity index (χ0) is 14.1. The number of methoxy groups -OCH3 is 1. The lowest BCUT2D eigenvalue weighted by Gasteiger charge is -2.08. The van der Waals surface area contributed by atoms with Crippen molar-refractivity contribution in [3.05, 3.63) is 22.4 Å². The largest absolute Gasteiger partial charge is 0.383 e. The summed E-state index contributed by atoms with van der Waals surface area (Å²) < 4.78 is 8.14.